The number of nitrogens with zero attached hydrogens (tertiary/aromatic N) is 2. The molecule has 1 heterocycles. The lowest BCUT2D eigenvalue weighted by Gasteiger charge is -2.30. The Bertz CT molecular complexity index is 360. The number of anilines is 1. The van der Waals surface area contributed by atoms with E-state index >= 15 is 0 Å². The van der Waals surface area contributed by atoms with Crippen molar-refractivity contribution >= 4 is 5.69 Å². The van der Waals surface area contributed by atoms with Crippen molar-refractivity contribution in [2.75, 3.05) is 18.0 Å². The van der Waals surface area contributed by atoms with Crippen LogP contribution in [0.15, 0.2) is 12.3 Å². The molecule has 2 N–H and O–H groups in total. The highest BCUT2D eigenvalue weighted by molar-refractivity contribution is 5.56. The summed E-state index contributed by atoms with van der Waals surface area (Å²) in [6.45, 7) is 6.07. The molecule has 1 aliphatic carbocycles. The Balaban J connectivity index is 2.34. The van der Waals surface area contributed by atoms with Crippen LogP contribution in [0.1, 0.15) is 31.5 Å². The Morgan fingerprint density at radius 2 is 2.25 bits per heavy atom. The fraction of sp³-hybridized carbons (Fsp3) is 0.615. The van der Waals surface area contributed by atoms with Gasteiger partial charge in [0.1, 0.15) is 0 Å². The first kappa shape index (κ1) is 11.4. The molecule has 2 rings (SSSR count). The molecule has 0 spiro atoms. The zero-order valence-electron chi connectivity index (χ0n) is 10.2. The molecule has 0 radical (unpaired) electrons. The van der Waals surface area contributed by atoms with E-state index in [2.05, 4.69) is 29.8 Å². The van der Waals surface area contributed by atoms with E-state index in [1.807, 2.05) is 6.20 Å². The topological polar surface area (TPSA) is 42.1 Å². The molecule has 0 amide bonds. The van der Waals surface area contributed by atoms with E-state index in [1.165, 1.54) is 29.8 Å². The number of hydrogen-bond donors (Lipinski definition) is 1. The van der Waals surface area contributed by atoms with Crippen LogP contribution in [0, 0.1) is 0 Å². The van der Waals surface area contributed by atoms with Gasteiger partial charge < -0.3 is 10.6 Å². The summed E-state index contributed by atoms with van der Waals surface area (Å²) in [5.74, 6) is 0. The minimum atomic E-state index is 0.496. The summed E-state index contributed by atoms with van der Waals surface area (Å²) in [7, 11) is 0. The van der Waals surface area contributed by atoms with E-state index < -0.39 is 0 Å². The van der Waals surface area contributed by atoms with Crippen molar-refractivity contribution in [3.63, 3.8) is 0 Å². The number of hydrogen-bond acceptors (Lipinski definition) is 3. The van der Waals surface area contributed by atoms with E-state index in [9.17, 15) is 0 Å². The zero-order chi connectivity index (χ0) is 11.5. The fourth-order valence-corrected chi connectivity index (χ4v) is 2.51. The SMILES string of the molecule is CC(C)N(CCN)c1ccnc2c1CCC2. The highest BCUT2D eigenvalue weighted by Gasteiger charge is 2.20. The van der Waals surface area contributed by atoms with Gasteiger partial charge in [0.25, 0.3) is 0 Å². The number of aryl methyl sites for hydroxylation is 1. The quantitative estimate of drug-likeness (QED) is 0.838. The van der Waals surface area contributed by atoms with Gasteiger partial charge in [-0.2, -0.15) is 0 Å². The van der Waals surface area contributed by atoms with Crippen molar-refractivity contribution < 1.29 is 0 Å². The minimum Gasteiger partial charge on any atom is -0.368 e. The van der Waals surface area contributed by atoms with Crippen molar-refractivity contribution in [1.29, 1.82) is 0 Å². The summed E-state index contributed by atoms with van der Waals surface area (Å²) >= 11 is 0. The fourth-order valence-electron chi connectivity index (χ4n) is 2.51. The van der Waals surface area contributed by atoms with Crippen molar-refractivity contribution in [2.24, 2.45) is 5.73 Å². The van der Waals surface area contributed by atoms with E-state index in [4.69, 9.17) is 5.73 Å². The predicted molar refractivity (Wildman–Crippen MR) is 67.8 cm³/mol. The molecular formula is C13H21N3. The van der Waals surface area contributed by atoms with Crippen molar-refractivity contribution in [2.45, 2.75) is 39.2 Å². The molecule has 1 aliphatic rings. The van der Waals surface area contributed by atoms with Crippen LogP contribution in [0.25, 0.3) is 0 Å². The third-order valence-electron chi connectivity index (χ3n) is 3.26. The van der Waals surface area contributed by atoms with Gasteiger partial charge in [0, 0.05) is 36.7 Å². The molecule has 0 atom stereocenters. The van der Waals surface area contributed by atoms with Crippen LogP contribution in [0.2, 0.25) is 0 Å². The summed E-state index contributed by atoms with van der Waals surface area (Å²) < 4.78 is 0. The van der Waals surface area contributed by atoms with Gasteiger partial charge >= 0.3 is 0 Å². The van der Waals surface area contributed by atoms with Gasteiger partial charge in [-0.1, -0.05) is 0 Å². The number of rotatable bonds is 4. The lowest BCUT2D eigenvalue weighted by atomic mass is 10.1. The smallest absolute Gasteiger partial charge is 0.0456 e. The normalized spacial score (nSPS) is 14.2. The van der Waals surface area contributed by atoms with Crippen LogP contribution in [0.4, 0.5) is 5.69 Å². The average Bonchev–Trinajstić information content (AvgIpc) is 2.73. The summed E-state index contributed by atoms with van der Waals surface area (Å²) in [4.78, 5) is 6.86. The number of pyridine rings is 1. The molecule has 0 bridgehead atoms. The summed E-state index contributed by atoms with van der Waals surface area (Å²) in [6, 6.07) is 2.63. The van der Waals surface area contributed by atoms with Gasteiger partial charge in [0.05, 0.1) is 0 Å². The molecule has 0 aliphatic heterocycles. The third kappa shape index (κ3) is 2.05. The first-order valence-corrected chi connectivity index (χ1v) is 6.17. The molecule has 88 valence electrons. The monoisotopic (exact) mass is 219 g/mol. The Morgan fingerprint density at radius 1 is 1.44 bits per heavy atom. The van der Waals surface area contributed by atoms with Crippen molar-refractivity contribution in [3.8, 4) is 0 Å². The van der Waals surface area contributed by atoms with Crippen molar-refractivity contribution in [1.82, 2.24) is 4.98 Å². The lowest BCUT2D eigenvalue weighted by molar-refractivity contribution is 0.680. The van der Waals surface area contributed by atoms with E-state index in [1.54, 1.807) is 0 Å². The second-order valence-corrected chi connectivity index (χ2v) is 4.68. The van der Waals surface area contributed by atoms with Crippen LogP contribution >= 0.6 is 0 Å². The van der Waals surface area contributed by atoms with Gasteiger partial charge in [0.15, 0.2) is 0 Å². The van der Waals surface area contributed by atoms with Gasteiger partial charge in [-0.15, -0.1) is 0 Å². The van der Waals surface area contributed by atoms with Crippen LogP contribution < -0.4 is 10.6 Å². The molecule has 0 saturated carbocycles. The van der Waals surface area contributed by atoms with Crippen LogP contribution in [-0.4, -0.2) is 24.1 Å². The Hall–Kier alpha value is -1.09. The number of fused-ring (bicyclic) bond motifs is 1. The minimum absolute atomic E-state index is 0.496. The molecule has 0 saturated heterocycles. The summed E-state index contributed by atoms with van der Waals surface area (Å²) in [5, 5.41) is 0. The molecule has 3 heteroatoms. The standard InChI is InChI=1S/C13H21N3/c1-10(2)16(9-7-14)13-6-8-15-12-5-3-4-11(12)13/h6,8,10H,3-5,7,9,14H2,1-2H3. The molecule has 1 aromatic rings. The number of aromatic nitrogens is 1. The second-order valence-electron chi connectivity index (χ2n) is 4.68. The molecule has 0 unspecified atom stereocenters. The molecule has 0 aromatic carbocycles. The second kappa shape index (κ2) is 4.83. The maximum Gasteiger partial charge on any atom is 0.0456 e. The zero-order valence-corrected chi connectivity index (χ0v) is 10.2. The van der Waals surface area contributed by atoms with E-state index in [0.717, 1.165) is 13.0 Å². The largest absolute Gasteiger partial charge is 0.368 e. The average molecular weight is 219 g/mol. The Morgan fingerprint density at radius 3 is 2.94 bits per heavy atom. The molecule has 0 fully saturated rings. The Kier molecular flexibility index (Phi) is 3.44. The number of nitrogens with two attached hydrogens (primary N) is 1. The Labute approximate surface area is 97.7 Å². The predicted octanol–water partition coefficient (Wildman–Crippen LogP) is 1.74. The van der Waals surface area contributed by atoms with Crippen molar-refractivity contribution in [3.05, 3.63) is 23.5 Å². The first-order valence-electron chi connectivity index (χ1n) is 6.17. The van der Waals surface area contributed by atoms with Crippen LogP contribution in [0.5, 0.6) is 0 Å². The molecule has 1 aromatic heterocycles. The summed E-state index contributed by atoms with van der Waals surface area (Å²) in [6.07, 6.45) is 5.49. The maximum atomic E-state index is 5.69. The summed E-state index contributed by atoms with van der Waals surface area (Å²) in [5.41, 5.74) is 9.78. The van der Waals surface area contributed by atoms with Gasteiger partial charge in [-0.05, 0) is 44.7 Å². The maximum absolute atomic E-state index is 5.69. The highest BCUT2D eigenvalue weighted by Crippen LogP contribution is 2.30. The van der Waals surface area contributed by atoms with E-state index in [-0.39, 0.29) is 0 Å². The highest BCUT2D eigenvalue weighted by atomic mass is 15.2. The van der Waals surface area contributed by atoms with E-state index in [0.29, 0.717) is 12.6 Å². The lowest BCUT2D eigenvalue weighted by Crippen LogP contribution is -2.36. The van der Waals surface area contributed by atoms with Gasteiger partial charge in [0.2, 0.25) is 0 Å². The van der Waals surface area contributed by atoms with Crippen LogP contribution in [0.3, 0.4) is 0 Å². The molecule has 16 heavy (non-hydrogen) atoms. The van der Waals surface area contributed by atoms with Crippen LogP contribution in [-0.2, 0) is 12.8 Å². The molecular weight excluding hydrogens is 198 g/mol. The molecule has 3 nitrogen and oxygen atoms in total. The third-order valence-corrected chi connectivity index (χ3v) is 3.26. The van der Waals surface area contributed by atoms with Gasteiger partial charge in [-0.3, -0.25) is 4.98 Å². The van der Waals surface area contributed by atoms with Gasteiger partial charge in [-0.25, -0.2) is 0 Å². The first-order chi connectivity index (χ1) is 7.74.